The van der Waals surface area contributed by atoms with Crippen molar-refractivity contribution < 1.29 is 9.59 Å². The minimum absolute atomic E-state index is 0.0273. The van der Waals surface area contributed by atoms with Gasteiger partial charge in [-0.05, 0) is 55.5 Å². The Balaban J connectivity index is 1.15. The number of piperidine rings is 1. The molecule has 1 aliphatic carbocycles. The van der Waals surface area contributed by atoms with Crippen LogP contribution in [0.4, 0.5) is 5.82 Å². The first-order valence-corrected chi connectivity index (χ1v) is 13.3. The summed E-state index contributed by atoms with van der Waals surface area (Å²) in [5.74, 6) is -0.631. The second-order valence-corrected chi connectivity index (χ2v) is 10.6. The molecule has 1 saturated carbocycles. The van der Waals surface area contributed by atoms with Gasteiger partial charge < -0.3 is 11.1 Å². The fourth-order valence-electron chi connectivity index (χ4n) is 5.40. The Morgan fingerprint density at radius 1 is 1.10 bits per heavy atom. The quantitative estimate of drug-likeness (QED) is 0.363. The summed E-state index contributed by atoms with van der Waals surface area (Å²) in [5, 5.41) is 17.0. The normalized spacial score (nSPS) is 17.1. The Morgan fingerprint density at radius 2 is 1.85 bits per heavy atom. The minimum Gasteiger partial charge on any atom is -0.365 e. The number of benzene rings is 2. The van der Waals surface area contributed by atoms with Gasteiger partial charge in [-0.1, -0.05) is 24.3 Å². The summed E-state index contributed by atoms with van der Waals surface area (Å²) in [4.78, 5) is 31.3. The Morgan fingerprint density at radius 3 is 2.54 bits per heavy atom. The van der Waals surface area contributed by atoms with E-state index in [9.17, 15) is 14.9 Å². The molecule has 2 fully saturated rings. The van der Waals surface area contributed by atoms with Crippen molar-refractivity contribution in [2.24, 2.45) is 11.7 Å². The van der Waals surface area contributed by atoms with Crippen LogP contribution in [0.1, 0.15) is 48.0 Å². The van der Waals surface area contributed by atoms with Crippen LogP contribution in [0.25, 0.3) is 16.7 Å². The van der Waals surface area contributed by atoms with E-state index in [2.05, 4.69) is 61.3 Å². The predicted molar refractivity (Wildman–Crippen MR) is 146 cm³/mol. The largest absolute Gasteiger partial charge is 0.365 e. The molecule has 198 valence electrons. The number of aromatic nitrogens is 4. The number of para-hydroxylation sites is 2. The zero-order chi connectivity index (χ0) is 27.0. The van der Waals surface area contributed by atoms with Crippen LogP contribution < -0.4 is 11.1 Å². The van der Waals surface area contributed by atoms with E-state index in [1.165, 1.54) is 5.56 Å². The van der Waals surface area contributed by atoms with Crippen molar-refractivity contribution in [3.8, 4) is 11.8 Å². The van der Waals surface area contributed by atoms with Gasteiger partial charge in [0.25, 0.3) is 5.91 Å². The Hall–Kier alpha value is -4.49. The monoisotopic (exact) mass is 522 g/mol. The molecule has 2 aliphatic rings. The second kappa shape index (κ2) is 10.0. The molecular weight excluding hydrogens is 492 g/mol. The second-order valence-electron chi connectivity index (χ2n) is 10.6. The number of rotatable bonds is 8. The van der Waals surface area contributed by atoms with E-state index in [0.29, 0.717) is 12.8 Å². The van der Waals surface area contributed by atoms with E-state index in [1.807, 2.05) is 24.5 Å². The van der Waals surface area contributed by atoms with Gasteiger partial charge in [0.2, 0.25) is 5.91 Å². The average Bonchev–Trinajstić information content (AvgIpc) is 3.57. The number of hydrogen-bond donors (Lipinski definition) is 2. The van der Waals surface area contributed by atoms with E-state index in [-0.39, 0.29) is 29.6 Å². The molecule has 0 atom stereocenters. The van der Waals surface area contributed by atoms with Gasteiger partial charge in [-0.25, -0.2) is 4.98 Å². The molecule has 0 unspecified atom stereocenters. The minimum atomic E-state index is -0.649. The molecule has 3 N–H and O–H groups in total. The summed E-state index contributed by atoms with van der Waals surface area (Å²) in [5.41, 5.74) is 9.51. The molecule has 10 heteroatoms. The molecule has 0 radical (unpaired) electrons. The Labute approximate surface area is 226 Å². The van der Waals surface area contributed by atoms with Gasteiger partial charge in [-0.3, -0.25) is 23.7 Å². The van der Waals surface area contributed by atoms with Crippen molar-refractivity contribution in [3.63, 3.8) is 0 Å². The van der Waals surface area contributed by atoms with E-state index in [0.717, 1.165) is 49.2 Å². The number of anilines is 1. The highest BCUT2D eigenvalue weighted by molar-refractivity contribution is 6.02. The van der Waals surface area contributed by atoms with Gasteiger partial charge in [0.05, 0.1) is 29.1 Å². The van der Waals surface area contributed by atoms with Gasteiger partial charge in [0.1, 0.15) is 11.9 Å². The summed E-state index contributed by atoms with van der Waals surface area (Å²) in [6.45, 7) is 2.33. The molecule has 0 bridgehead atoms. The number of nitrogens with one attached hydrogen (secondary N) is 1. The summed E-state index contributed by atoms with van der Waals surface area (Å²) in [7, 11) is 0. The lowest BCUT2D eigenvalue weighted by Crippen LogP contribution is -2.46. The van der Waals surface area contributed by atoms with Crippen LogP contribution in [0.15, 0.2) is 61.1 Å². The lowest BCUT2D eigenvalue weighted by atomic mass is 9.84. The van der Waals surface area contributed by atoms with E-state index in [4.69, 9.17) is 5.73 Å². The van der Waals surface area contributed by atoms with E-state index in [1.54, 1.807) is 10.9 Å². The fourth-order valence-corrected chi connectivity index (χ4v) is 5.40. The van der Waals surface area contributed by atoms with Gasteiger partial charge in [-0.2, -0.15) is 10.4 Å². The van der Waals surface area contributed by atoms with Crippen molar-refractivity contribution in [2.45, 2.75) is 44.2 Å². The highest BCUT2D eigenvalue weighted by atomic mass is 16.2. The van der Waals surface area contributed by atoms with Crippen LogP contribution in [-0.4, -0.2) is 49.1 Å². The van der Waals surface area contributed by atoms with Gasteiger partial charge in [0.15, 0.2) is 5.82 Å². The van der Waals surface area contributed by atoms with Crippen molar-refractivity contribution in [3.05, 3.63) is 72.2 Å². The molecule has 6 rings (SSSR count). The number of hydrogen-bond acceptors (Lipinski definition) is 6. The fraction of sp³-hybridized carbons (Fsp3) is 0.345. The molecule has 4 aromatic rings. The molecule has 1 aliphatic heterocycles. The summed E-state index contributed by atoms with van der Waals surface area (Å²) in [6.07, 6.45) is 6.76. The van der Waals surface area contributed by atoms with Crippen molar-refractivity contribution in [1.82, 2.24) is 24.2 Å². The highest BCUT2D eigenvalue weighted by Gasteiger charge is 2.39. The van der Waals surface area contributed by atoms with Crippen LogP contribution in [0, 0.1) is 17.2 Å². The van der Waals surface area contributed by atoms with Crippen LogP contribution in [0.2, 0.25) is 0 Å². The molecule has 10 nitrogen and oxygen atoms in total. The van der Waals surface area contributed by atoms with Crippen molar-refractivity contribution in [2.75, 3.05) is 18.4 Å². The smallest absolute Gasteiger partial charge is 0.254 e. The summed E-state index contributed by atoms with van der Waals surface area (Å²) in [6, 6.07) is 18.9. The number of carbonyl (C=O) groups excluding carboxylic acids is 2. The standard InChI is InChI=1S/C29H30N8O2/c30-14-11-29(37-18-23(26(31)38)27(34-37)33-28(39)21-7-8-21)12-15-35(16-13-29)17-20-5-9-22(10-6-20)36-19-32-24-3-1-2-4-25(24)36/h1-6,9-10,18-19,21H,7-8,11-13,15-17H2,(H2,31,38)(H,33,34,39). The average molecular weight is 523 g/mol. The van der Waals surface area contributed by atoms with E-state index < -0.39 is 11.4 Å². The maximum atomic E-state index is 12.3. The lowest BCUT2D eigenvalue weighted by Gasteiger charge is -2.40. The molecule has 2 amide bonds. The van der Waals surface area contributed by atoms with E-state index >= 15 is 0 Å². The molecule has 3 heterocycles. The zero-order valence-electron chi connectivity index (χ0n) is 21.6. The van der Waals surface area contributed by atoms with Crippen LogP contribution >= 0.6 is 0 Å². The third-order valence-corrected chi connectivity index (χ3v) is 7.92. The predicted octanol–water partition coefficient (Wildman–Crippen LogP) is 3.57. The summed E-state index contributed by atoms with van der Waals surface area (Å²) >= 11 is 0. The molecule has 2 aromatic carbocycles. The van der Waals surface area contributed by atoms with Crippen LogP contribution in [-0.2, 0) is 16.9 Å². The lowest BCUT2D eigenvalue weighted by molar-refractivity contribution is -0.117. The SMILES string of the molecule is N#CCC1(n2cc(C(N)=O)c(NC(=O)C3CC3)n2)CCN(Cc2ccc(-n3cnc4ccccc43)cc2)CC1. The number of carbonyl (C=O) groups is 2. The number of imidazole rings is 1. The first-order valence-electron chi connectivity index (χ1n) is 13.3. The van der Waals surface area contributed by atoms with Crippen molar-refractivity contribution >= 4 is 28.7 Å². The van der Waals surface area contributed by atoms with Gasteiger partial charge in [0, 0.05) is 37.4 Å². The first kappa shape index (κ1) is 24.8. The van der Waals surface area contributed by atoms with Gasteiger partial charge in [-0.15, -0.1) is 0 Å². The third-order valence-electron chi connectivity index (χ3n) is 7.92. The van der Waals surface area contributed by atoms with Crippen LogP contribution in [0.3, 0.4) is 0 Å². The first-order chi connectivity index (χ1) is 19.0. The van der Waals surface area contributed by atoms with Crippen molar-refractivity contribution in [1.29, 1.82) is 5.26 Å². The number of nitriles is 1. The molecule has 1 saturated heterocycles. The number of nitrogens with two attached hydrogens (primary N) is 1. The number of nitrogens with zero attached hydrogens (tertiary/aromatic N) is 6. The summed E-state index contributed by atoms with van der Waals surface area (Å²) < 4.78 is 3.78. The number of amides is 2. The highest BCUT2D eigenvalue weighted by Crippen LogP contribution is 2.36. The maximum Gasteiger partial charge on any atom is 0.254 e. The molecule has 2 aromatic heterocycles. The topological polar surface area (TPSA) is 135 Å². The Kier molecular flexibility index (Phi) is 6.37. The van der Waals surface area contributed by atoms with Crippen LogP contribution in [0.5, 0.6) is 0 Å². The molecular formula is C29H30N8O2. The Bertz CT molecular complexity index is 1570. The third kappa shape index (κ3) is 4.89. The number of fused-ring (bicyclic) bond motifs is 1. The maximum absolute atomic E-state index is 12.3. The zero-order valence-corrected chi connectivity index (χ0v) is 21.6. The molecule has 0 spiro atoms. The molecule has 39 heavy (non-hydrogen) atoms. The van der Waals surface area contributed by atoms with Gasteiger partial charge >= 0.3 is 0 Å². The number of likely N-dealkylation sites (tertiary alicyclic amines) is 1. The number of primary amides is 1.